The number of hydrogen-bond donors (Lipinski definition) is 0. The van der Waals surface area contributed by atoms with E-state index in [9.17, 15) is 4.79 Å². The molecule has 1 unspecified atom stereocenters. The van der Waals surface area contributed by atoms with Crippen LogP contribution >= 0.6 is 15.9 Å². The minimum Gasteiger partial charge on any atom is -0.497 e. The van der Waals surface area contributed by atoms with Crippen LogP contribution in [0.1, 0.15) is 37.7 Å². The Kier molecular flexibility index (Phi) is 9.05. The molecule has 0 heterocycles. The van der Waals surface area contributed by atoms with E-state index in [2.05, 4.69) is 32.4 Å². The molecule has 6 heteroatoms. The van der Waals surface area contributed by atoms with E-state index in [0.717, 1.165) is 30.6 Å². The first-order valence-electron chi connectivity index (χ1n) is 7.44. The minimum absolute atomic E-state index is 0.0183. The fourth-order valence-electron chi connectivity index (χ4n) is 2.01. The third-order valence-corrected chi connectivity index (χ3v) is 3.87. The first-order chi connectivity index (χ1) is 11.1. The molecule has 23 heavy (non-hydrogen) atoms. The number of oxime groups is 1. The van der Waals surface area contributed by atoms with Crippen molar-refractivity contribution in [1.29, 1.82) is 0 Å². The van der Waals surface area contributed by atoms with Crippen molar-refractivity contribution in [2.24, 2.45) is 5.16 Å². The highest BCUT2D eigenvalue weighted by Crippen LogP contribution is 2.28. The van der Waals surface area contributed by atoms with Crippen molar-refractivity contribution in [3.8, 4) is 5.75 Å². The second-order valence-electron chi connectivity index (χ2n) is 4.73. The predicted molar refractivity (Wildman–Crippen MR) is 94.3 cm³/mol. The van der Waals surface area contributed by atoms with Gasteiger partial charge in [0.2, 0.25) is 0 Å². The van der Waals surface area contributed by atoms with Crippen molar-refractivity contribution in [3.05, 3.63) is 42.5 Å². The van der Waals surface area contributed by atoms with Gasteiger partial charge < -0.3 is 9.47 Å². The van der Waals surface area contributed by atoms with Crippen LogP contribution in [0.15, 0.2) is 42.1 Å². The van der Waals surface area contributed by atoms with E-state index < -0.39 is 6.16 Å². The lowest BCUT2D eigenvalue weighted by atomic mass is 9.94. The fraction of sp³-hybridized carbons (Fsp3) is 0.412. The molecule has 0 aliphatic heterocycles. The molecule has 0 radical (unpaired) electrons. The number of hydrogen-bond acceptors (Lipinski definition) is 5. The Balaban J connectivity index is 2.86. The first-order valence-corrected chi connectivity index (χ1v) is 8.23. The Labute approximate surface area is 145 Å². The number of allylic oxidation sites excluding steroid dienone is 1. The molecule has 0 aromatic heterocycles. The molecule has 0 N–H and O–H groups in total. The predicted octanol–water partition coefficient (Wildman–Crippen LogP) is 5.02. The summed E-state index contributed by atoms with van der Waals surface area (Å²) in [6, 6.07) is 7.72. The normalized spacial score (nSPS) is 12.4. The number of halogens is 1. The van der Waals surface area contributed by atoms with E-state index in [4.69, 9.17) is 9.57 Å². The second-order valence-corrected chi connectivity index (χ2v) is 5.55. The summed E-state index contributed by atoms with van der Waals surface area (Å²) in [7, 11) is 1.63. The monoisotopic (exact) mass is 383 g/mol. The summed E-state index contributed by atoms with van der Waals surface area (Å²) in [4.78, 5) is 16.0. The summed E-state index contributed by atoms with van der Waals surface area (Å²) in [6.45, 7) is 5.68. The van der Waals surface area contributed by atoms with Gasteiger partial charge in [-0.3, -0.25) is 4.84 Å². The summed E-state index contributed by atoms with van der Waals surface area (Å²) >= 11 is 3.41. The number of ether oxygens (including phenoxy) is 2. The lowest BCUT2D eigenvalue weighted by Crippen LogP contribution is -2.10. The minimum atomic E-state index is -0.816. The van der Waals surface area contributed by atoms with Gasteiger partial charge in [0.1, 0.15) is 10.4 Å². The summed E-state index contributed by atoms with van der Waals surface area (Å²) in [5.74, 6) is 0.768. The van der Waals surface area contributed by atoms with Gasteiger partial charge >= 0.3 is 6.16 Å². The number of methoxy groups -OCH3 is 1. The molecule has 0 saturated heterocycles. The largest absolute Gasteiger partial charge is 0.535 e. The maximum atomic E-state index is 11.2. The highest BCUT2D eigenvalue weighted by Gasteiger charge is 2.18. The van der Waals surface area contributed by atoms with Gasteiger partial charge in [-0.15, -0.1) is 6.58 Å². The van der Waals surface area contributed by atoms with Crippen LogP contribution in [0.25, 0.3) is 0 Å². The van der Waals surface area contributed by atoms with Crippen LogP contribution in [0.2, 0.25) is 0 Å². The molecule has 0 bridgehead atoms. The molecule has 1 aromatic carbocycles. The number of carbonyl (C=O) groups excluding carboxylic acids is 1. The average molecular weight is 384 g/mol. The summed E-state index contributed by atoms with van der Waals surface area (Å²) < 4.78 is 10.4. The van der Waals surface area contributed by atoms with Crippen molar-refractivity contribution in [2.45, 2.75) is 32.1 Å². The molecular formula is C17H22BrNO4. The smallest absolute Gasteiger partial charge is 0.497 e. The van der Waals surface area contributed by atoms with Crippen molar-refractivity contribution in [1.82, 2.24) is 0 Å². The molecule has 0 aliphatic carbocycles. The van der Waals surface area contributed by atoms with Crippen LogP contribution in [0.4, 0.5) is 4.79 Å². The molecule has 0 fully saturated rings. The van der Waals surface area contributed by atoms with Gasteiger partial charge in [0.05, 0.1) is 13.7 Å². The van der Waals surface area contributed by atoms with Crippen LogP contribution in [0.5, 0.6) is 5.75 Å². The van der Waals surface area contributed by atoms with Crippen LogP contribution in [0.3, 0.4) is 0 Å². The summed E-state index contributed by atoms with van der Waals surface area (Å²) in [5, 5.41) is 3.84. The molecule has 0 aliphatic rings. The lowest BCUT2D eigenvalue weighted by Gasteiger charge is -2.15. The van der Waals surface area contributed by atoms with E-state index in [0.29, 0.717) is 4.62 Å². The van der Waals surface area contributed by atoms with E-state index in [1.165, 1.54) is 0 Å². The Bertz CT molecular complexity index is 528. The zero-order valence-corrected chi connectivity index (χ0v) is 15.0. The van der Waals surface area contributed by atoms with Crippen LogP contribution < -0.4 is 4.74 Å². The van der Waals surface area contributed by atoms with Crippen molar-refractivity contribution >= 4 is 26.7 Å². The molecule has 5 nitrogen and oxygen atoms in total. The summed E-state index contributed by atoms with van der Waals surface area (Å²) in [5.41, 5.74) is 1.05. The SMILES string of the molecule is C=CCCCC(/C(Br)=N/OC(=O)OCC)c1ccc(OC)cc1. The van der Waals surface area contributed by atoms with E-state index >= 15 is 0 Å². The van der Waals surface area contributed by atoms with Crippen LogP contribution in [-0.2, 0) is 9.57 Å². The Morgan fingerprint density at radius 3 is 2.65 bits per heavy atom. The Morgan fingerprint density at radius 1 is 1.39 bits per heavy atom. The molecule has 0 amide bonds. The van der Waals surface area contributed by atoms with Gasteiger partial charge in [0.25, 0.3) is 0 Å². The van der Waals surface area contributed by atoms with E-state index in [-0.39, 0.29) is 12.5 Å². The highest BCUT2D eigenvalue weighted by molar-refractivity contribution is 9.18. The zero-order chi connectivity index (χ0) is 17.1. The zero-order valence-electron chi connectivity index (χ0n) is 13.5. The van der Waals surface area contributed by atoms with Crippen LogP contribution in [0, 0.1) is 0 Å². The fourth-order valence-corrected chi connectivity index (χ4v) is 2.58. The number of unbranched alkanes of at least 4 members (excludes halogenated alkanes) is 1. The quantitative estimate of drug-likeness (QED) is 0.150. The Morgan fingerprint density at radius 2 is 2.09 bits per heavy atom. The van der Waals surface area contributed by atoms with Gasteiger partial charge in [-0.25, -0.2) is 4.79 Å². The molecule has 0 saturated carbocycles. The lowest BCUT2D eigenvalue weighted by molar-refractivity contribution is 0.0614. The molecule has 1 atom stereocenters. The number of benzene rings is 1. The number of carbonyl (C=O) groups is 1. The third-order valence-electron chi connectivity index (χ3n) is 3.18. The van der Waals surface area contributed by atoms with E-state index in [1.54, 1.807) is 14.0 Å². The van der Waals surface area contributed by atoms with Gasteiger partial charge in [-0.1, -0.05) is 23.4 Å². The first kappa shape index (κ1) is 19.2. The Hall–Kier alpha value is -1.82. The maximum absolute atomic E-state index is 11.2. The van der Waals surface area contributed by atoms with Crippen molar-refractivity contribution in [3.63, 3.8) is 0 Å². The molecule has 1 rings (SSSR count). The molecule has 126 valence electrons. The average Bonchev–Trinajstić information content (AvgIpc) is 2.57. The molecule has 1 aromatic rings. The van der Waals surface area contributed by atoms with E-state index in [1.807, 2.05) is 30.3 Å². The standard InChI is InChI=1S/C17H22BrNO4/c1-4-6-7-8-15(13-9-11-14(21-3)12-10-13)16(18)19-23-17(20)22-5-2/h4,9-12,15H,1,5-8H2,2-3H3/b19-16-. The second kappa shape index (κ2) is 10.8. The number of rotatable bonds is 9. The maximum Gasteiger partial charge on any atom is 0.535 e. The van der Waals surface area contributed by atoms with Crippen molar-refractivity contribution < 1.29 is 19.1 Å². The summed E-state index contributed by atoms with van der Waals surface area (Å²) in [6.07, 6.45) is 3.76. The number of nitrogens with zero attached hydrogens (tertiary/aromatic N) is 1. The van der Waals surface area contributed by atoms with Gasteiger partial charge in [0.15, 0.2) is 0 Å². The third kappa shape index (κ3) is 6.86. The van der Waals surface area contributed by atoms with Crippen molar-refractivity contribution in [2.75, 3.05) is 13.7 Å². The van der Waals surface area contributed by atoms with Gasteiger partial charge in [-0.2, -0.15) is 0 Å². The molecular weight excluding hydrogens is 362 g/mol. The van der Waals surface area contributed by atoms with Crippen LogP contribution in [-0.4, -0.2) is 24.5 Å². The molecule has 0 spiro atoms. The highest BCUT2D eigenvalue weighted by atomic mass is 79.9. The van der Waals surface area contributed by atoms with Gasteiger partial charge in [0, 0.05) is 5.92 Å². The van der Waals surface area contributed by atoms with Gasteiger partial charge in [-0.05, 0) is 59.8 Å². The topological polar surface area (TPSA) is 57.1 Å².